The molecule has 2 unspecified atom stereocenters. The van der Waals surface area contributed by atoms with Crippen LogP contribution in [0.3, 0.4) is 0 Å². The van der Waals surface area contributed by atoms with Crippen molar-refractivity contribution in [1.82, 2.24) is 4.98 Å². The van der Waals surface area contributed by atoms with Crippen molar-refractivity contribution in [2.24, 2.45) is 5.92 Å². The van der Waals surface area contributed by atoms with E-state index in [1.165, 1.54) is 37.8 Å². The Labute approximate surface area is 110 Å². The van der Waals surface area contributed by atoms with Crippen molar-refractivity contribution in [2.75, 3.05) is 17.2 Å². The Hall–Kier alpha value is -1.25. The van der Waals surface area contributed by atoms with Gasteiger partial charge < -0.3 is 10.6 Å². The Balaban J connectivity index is 2.00. The monoisotopic (exact) mass is 247 g/mol. The first-order chi connectivity index (χ1) is 8.83. The lowest BCUT2D eigenvalue weighted by molar-refractivity contribution is 0.317. The first-order valence-electron chi connectivity index (χ1n) is 7.30. The lowest BCUT2D eigenvalue weighted by atomic mass is 9.83. The Bertz CT molecular complexity index is 365. The van der Waals surface area contributed by atoms with E-state index in [1.54, 1.807) is 0 Å². The minimum Gasteiger partial charge on any atom is -0.382 e. The first kappa shape index (κ1) is 13.2. The maximum atomic E-state index is 4.31. The highest BCUT2D eigenvalue weighted by molar-refractivity contribution is 5.52. The minimum atomic E-state index is 0.639. The van der Waals surface area contributed by atoms with Gasteiger partial charge in [0.15, 0.2) is 0 Å². The number of aromatic nitrogens is 1. The third-order valence-electron chi connectivity index (χ3n) is 3.90. The molecule has 100 valence electrons. The molecule has 1 aromatic heterocycles. The normalized spacial score (nSPS) is 23.7. The zero-order valence-corrected chi connectivity index (χ0v) is 11.6. The van der Waals surface area contributed by atoms with E-state index >= 15 is 0 Å². The van der Waals surface area contributed by atoms with E-state index in [1.807, 2.05) is 6.20 Å². The van der Waals surface area contributed by atoms with Crippen LogP contribution in [0.4, 0.5) is 11.5 Å². The number of hydrogen-bond acceptors (Lipinski definition) is 3. The summed E-state index contributed by atoms with van der Waals surface area (Å²) in [4.78, 5) is 4.31. The van der Waals surface area contributed by atoms with Gasteiger partial charge in [-0.2, -0.15) is 0 Å². The topological polar surface area (TPSA) is 37.0 Å². The van der Waals surface area contributed by atoms with Gasteiger partial charge in [0.2, 0.25) is 0 Å². The summed E-state index contributed by atoms with van der Waals surface area (Å²) in [6.07, 6.45) is 8.60. The van der Waals surface area contributed by atoms with E-state index in [9.17, 15) is 0 Å². The highest BCUT2D eigenvalue weighted by Gasteiger charge is 2.23. The first-order valence-corrected chi connectivity index (χ1v) is 7.30. The second-order valence-electron chi connectivity index (χ2n) is 5.16. The summed E-state index contributed by atoms with van der Waals surface area (Å²) in [5.74, 6) is 1.79. The Morgan fingerprint density at radius 3 is 2.89 bits per heavy atom. The molecular formula is C15H25N3. The smallest absolute Gasteiger partial charge is 0.127 e. The molecule has 0 radical (unpaired) electrons. The van der Waals surface area contributed by atoms with E-state index in [0.29, 0.717) is 6.04 Å². The number of hydrogen-bond donors (Lipinski definition) is 2. The van der Waals surface area contributed by atoms with Crippen molar-refractivity contribution in [3.05, 3.63) is 18.3 Å². The fourth-order valence-corrected chi connectivity index (χ4v) is 2.90. The summed E-state index contributed by atoms with van der Waals surface area (Å²) in [7, 11) is 0. The van der Waals surface area contributed by atoms with E-state index < -0.39 is 0 Å². The summed E-state index contributed by atoms with van der Waals surface area (Å²) >= 11 is 0. The van der Waals surface area contributed by atoms with Crippen molar-refractivity contribution in [1.29, 1.82) is 0 Å². The molecule has 0 saturated heterocycles. The Morgan fingerprint density at radius 2 is 2.11 bits per heavy atom. The van der Waals surface area contributed by atoms with Gasteiger partial charge in [-0.1, -0.05) is 26.2 Å². The third kappa shape index (κ3) is 3.37. The molecular weight excluding hydrogens is 222 g/mol. The number of nitrogens with one attached hydrogen (secondary N) is 2. The minimum absolute atomic E-state index is 0.639. The summed E-state index contributed by atoms with van der Waals surface area (Å²) in [6, 6.07) is 4.83. The fraction of sp³-hybridized carbons (Fsp3) is 0.667. The Morgan fingerprint density at radius 1 is 1.28 bits per heavy atom. The maximum Gasteiger partial charge on any atom is 0.127 e. The molecule has 1 aliphatic carbocycles. The molecule has 2 atom stereocenters. The molecule has 1 aromatic rings. The van der Waals surface area contributed by atoms with Gasteiger partial charge in [-0.15, -0.1) is 0 Å². The van der Waals surface area contributed by atoms with Gasteiger partial charge in [0.05, 0.1) is 0 Å². The summed E-state index contributed by atoms with van der Waals surface area (Å²) in [6.45, 7) is 5.31. The molecule has 1 heterocycles. The molecule has 0 aliphatic heterocycles. The van der Waals surface area contributed by atoms with E-state index in [4.69, 9.17) is 0 Å². The highest BCUT2D eigenvalue weighted by atomic mass is 15.0. The third-order valence-corrected chi connectivity index (χ3v) is 3.90. The van der Waals surface area contributed by atoms with Gasteiger partial charge in [-0.3, -0.25) is 0 Å². The van der Waals surface area contributed by atoms with Gasteiger partial charge in [0, 0.05) is 30.5 Å². The highest BCUT2D eigenvalue weighted by Crippen LogP contribution is 2.29. The van der Waals surface area contributed by atoms with Gasteiger partial charge in [0.1, 0.15) is 5.82 Å². The van der Waals surface area contributed by atoms with Crippen molar-refractivity contribution in [3.8, 4) is 0 Å². The van der Waals surface area contributed by atoms with Crippen LogP contribution in [0, 0.1) is 5.92 Å². The second kappa shape index (κ2) is 6.62. The molecule has 3 nitrogen and oxygen atoms in total. The second-order valence-corrected chi connectivity index (χ2v) is 5.16. The van der Waals surface area contributed by atoms with E-state index in [0.717, 1.165) is 18.3 Å². The lowest BCUT2D eigenvalue weighted by Crippen LogP contribution is -2.31. The predicted octanol–water partition coefficient (Wildman–Crippen LogP) is 3.89. The summed E-state index contributed by atoms with van der Waals surface area (Å²) in [5, 5.41) is 6.96. The SMILES string of the molecule is CCNc1cc(NC2CCCCC2CC)ccn1. The average Bonchev–Trinajstić information content (AvgIpc) is 2.40. The quantitative estimate of drug-likeness (QED) is 0.828. The van der Waals surface area contributed by atoms with Crippen LogP contribution >= 0.6 is 0 Å². The molecule has 1 aliphatic rings. The van der Waals surface area contributed by atoms with Crippen LogP contribution < -0.4 is 10.6 Å². The van der Waals surface area contributed by atoms with Crippen LogP contribution in [0.1, 0.15) is 46.0 Å². The number of pyridine rings is 1. The molecule has 1 saturated carbocycles. The van der Waals surface area contributed by atoms with Crippen LogP contribution in [0.25, 0.3) is 0 Å². The molecule has 3 heteroatoms. The van der Waals surface area contributed by atoms with Crippen LogP contribution in [0.15, 0.2) is 18.3 Å². The van der Waals surface area contributed by atoms with Gasteiger partial charge in [0.25, 0.3) is 0 Å². The van der Waals surface area contributed by atoms with E-state index in [-0.39, 0.29) is 0 Å². The predicted molar refractivity (Wildman–Crippen MR) is 78.1 cm³/mol. The zero-order valence-electron chi connectivity index (χ0n) is 11.6. The molecule has 0 amide bonds. The average molecular weight is 247 g/mol. The van der Waals surface area contributed by atoms with Crippen LogP contribution in [-0.4, -0.2) is 17.6 Å². The maximum absolute atomic E-state index is 4.31. The molecule has 1 fully saturated rings. The summed E-state index contributed by atoms with van der Waals surface area (Å²) in [5.41, 5.74) is 1.20. The lowest BCUT2D eigenvalue weighted by Gasteiger charge is -2.32. The van der Waals surface area contributed by atoms with Gasteiger partial charge in [-0.05, 0) is 31.7 Å². The largest absolute Gasteiger partial charge is 0.382 e. The molecule has 2 rings (SSSR count). The van der Waals surface area contributed by atoms with Gasteiger partial charge >= 0.3 is 0 Å². The number of rotatable bonds is 5. The molecule has 0 aromatic carbocycles. The summed E-state index contributed by atoms with van der Waals surface area (Å²) < 4.78 is 0. The van der Waals surface area contributed by atoms with Crippen molar-refractivity contribution >= 4 is 11.5 Å². The van der Waals surface area contributed by atoms with Crippen LogP contribution in [-0.2, 0) is 0 Å². The van der Waals surface area contributed by atoms with E-state index in [2.05, 4.69) is 41.6 Å². The zero-order chi connectivity index (χ0) is 12.8. The Kier molecular flexibility index (Phi) is 4.85. The van der Waals surface area contributed by atoms with Crippen molar-refractivity contribution < 1.29 is 0 Å². The van der Waals surface area contributed by atoms with Crippen molar-refractivity contribution in [3.63, 3.8) is 0 Å². The van der Waals surface area contributed by atoms with Crippen LogP contribution in [0.2, 0.25) is 0 Å². The number of nitrogens with zero attached hydrogens (tertiary/aromatic N) is 1. The molecule has 2 N–H and O–H groups in total. The molecule has 0 spiro atoms. The van der Waals surface area contributed by atoms with Crippen molar-refractivity contribution in [2.45, 2.75) is 52.0 Å². The molecule has 0 bridgehead atoms. The number of anilines is 2. The van der Waals surface area contributed by atoms with Gasteiger partial charge in [-0.25, -0.2) is 4.98 Å². The molecule has 18 heavy (non-hydrogen) atoms. The fourth-order valence-electron chi connectivity index (χ4n) is 2.90. The standard InChI is InChI=1S/C15H25N3/c1-3-12-7-5-6-8-14(12)18-13-9-10-17-15(11-13)16-4-2/h9-12,14H,3-8H2,1-2H3,(H2,16,17,18). The van der Waals surface area contributed by atoms with Crippen LogP contribution in [0.5, 0.6) is 0 Å².